The monoisotopic (exact) mass is 692 g/mol. The van der Waals surface area contributed by atoms with Crippen molar-refractivity contribution >= 4 is 64.6 Å². The highest BCUT2D eigenvalue weighted by atomic mass is 14.5. The predicted molar refractivity (Wildman–Crippen MR) is 233 cm³/mol. The first-order valence-corrected chi connectivity index (χ1v) is 19.4. The number of benzene rings is 11. The van der Waals surface area contributed by atoms with Gasteiger partial charge >= 0.3 is 0 Å². The van der Waals surface area contributed by atoms with Gasteiger partial charge in [-0.3, -0.25) is 0 Å². The molecule has 0 amide bonds. The van der Waals surface area contributed by atoms with Gasteiger partial charge in [-0.25, -0.2) is 0 Å². The summed E-state index contributed by atoms with van der Waals surface area (Å²) in [5.41, 5.74) is 13.0. The molecule has 0 bridgehead atoms. The molecule has 0 aromatic heterocycles. The van der Waals surface area contributed by atoms with Gasteiger partial charge in [0.2, 0.25) is 0 Å². The maximum Gasteiger partial charge on any atom is 0.0732 e. The molecule has 0 saturated carbocycles. The molecular weight excluding hydrogens is 661 g/mol. The molecule has 0 atom stereocenters. The van der Waals surface area contributed by atoms with E-state index in [0.717, 1.165) is 0 Å². The largest absolute Gasteiger partial charge is 0.0732 e. The minimum Gasteiger partial charge on any atom is -0.0619 e. The van der Waals surface area contributed by atoms with E-state index >= 15 is 0 Å². The molecule has 13 rings (SSSR count). The first kappa shape index (κ1) is 29.4. The van der Waals surface area contributed by atoms with Gasteiger partial charge in [0.15, 0.2) is 0 Å². The van der Waals surface area contributed by atoms with Crippen molar-refractivity contribution in [2.45, 2.75) is 5.41 Å². The summed E-state index contributed by atoms with van der Waals surface area (Å²) in [5, 5.41) is 15.6. The SMILES string of the molecule is c1ccc2c(c1)-c1ccccc1C21c2ccc3ccccc3c2-c2c1c1ccc(-c3ccc4c5ccccc5c5ccccc5c4c3)cc1c1ccccc21. The highest BCUT2D eigenvalue weighted by Crippen LogP contribution is 2.66. The standard InChI is InChI=1S/C55H32/c1-2-14-36-33(13-1)27-30-51-52(36)53-45-22-8-7-19-41(45)48-32-35(34-25-28-42-39-17-4-3-15-37(39)38-16-5-6-18-40(38)47(42)31-34)26-29-46(48)54(53)55(51)49-23-11-9-20-43(49)44-21-10-12-24-50(44)55/h1-32H. The van der Waals surface area contributed by atoms with Gasteiger partial charge in [0.1, 0.15) is 0 Å². The van der Waals surface area contributed by atoms with Crippen LogP contribution in [0.3, 0.4) is 0 Å². The van der Waals surface area contributed by atoms with Crippen molar-refractivity contribution in [1.82, 2.24) is 0 Å². The van der Waals surface area contributed by atoms with Crippen molar-refractivity contribution in [2.24, 2.45) is 0 Å². The second-order valence-electron chi connectivity index (χ2n) is 15.5. The Bertz CT molecular complexity index is 3410. The molecule has 0 saturated heterocycles. The molecule has 11 aromatic rings. The van der Waals surface area contributed by atoms with E-state index < -0.39 is 5.41 Å². The molecule has 0 heterocycles. The fourth-order valence-corrected chi connectivity index (χ4v) is 10.9. The topological polar surface area (TPSA) is 0 Å². The normalized spacial score (nSPS) is 13.6. The number of hydrogen-bond donors (Lipinski definition) is 0. The Balaban J connectivity index is 1.17. The highest BCUT2D eigenvalue weighted by molar-refractivity contribution is 6.26. The second kappa shape index (κ2) is 10.6. The average molecular weight is 693 g/mol. The summed E-state index contributed by atoms with van der Waals surface area (Å²) in [5.74, 6) is 0. The van der Waals surface area contributed by atoms with Gasteiger partial charge in [-0.05, 0) is 132 Å². The molecule has 252 valence electrons. The first-order chi connectivity index (χ1) is 27.3. The van der Waals surface area contributed by atoms with Crippen LogP contribution in [0.5, 0.6) is 0 Å². The molecule has 11 aromatic carbocycles. The Labute approximate surface area is 318 Å². The molecule has 0 radical (unpaired) electrons. The van der Waals surface area contributed by atoms with E-state index in [2.05, 4.69) is 194 Å². The zero-order valence-corrected chi connectivity index (χ0v) is 30.0. The summed E-state index contributed by atoms with van der Waals surface area (Å²) in [6.45, 7) is 0. The molecule has 0 aliphatic heterocycles. The zero-order valence-electron chi connectivity index (χ0n) is 30.0. The van der Waals surface area contributed by atoms with Crippen LogP contribution < -0.4 is 0 Å². The van der Waals surface area contributed by atoms with Crippen LogP contribution in [0.25, 0.3) is 98.0 Å². The maximum atomic E-state index is 2.48. The van der Waals surface area contributed by atoms with Gasteiger partial charge in [0.05, 0.1) is 5.41 Å². The third-order valence-corrected chi connectivity index (χ3v) is 13.0. The zero-order chi connectivity index (χ0) is 35.8. The number of hydrogen-bond acceptors (Lipinski definition) is 0. The molecule has 0 unspecified atom stereocenters. The van der Waals surface area contributed by atoms with Crippen molar-refractivity contribution in [1.29, 1.82) is 0 Å². The Morgan fingerprint density at radius 3 is 1.31 bits per heavy atom. The van der Waals surface area contributed by atoms with Crippen LogP contribution in [0.1, 0.15) is 22.3 Å². The minimum atomic E-state index is -0.450. The average Bonchev–Trinajstić information content (AvgIpc) is 3.74. The number of rotatable bonds is 1. The Morgan fingerprint density at radius 1 is 0.255 bits per heavy atom. The lowest BCUT2D eigenvalue weighted by molar-refractivity contribution is 0.802. The van der Waals surface area contributed by atoms with Crippen molar-refractivity contribution in [3.63, 3.8) is 0 Å². The fraction of sp³-hybridized carbons (Fsp3) is 0.0182. The van der Waals surface area contributed by atoms with Gasteiger partial charge in [-0.15, -0.1) is 0 Å². The van der Waals surface area contributed by atoms with Gasteiger partial charge in [0, 0.05) is 0 Å². The van der Waals surface area contributed by atoms with E-state index in [0.29, 0.717) is 0 Å². The van der Waals surface area contributed by atoms with Crippen molar-refractivity contribution in [2.75, 3.05) is 0 Å². The summed E-state index contributed by atoms with van der Waals surface area (Å²) in [6, 6.07) is 73.3. The lowest BCUT2D eigenvalue weighted by atomic mass is 9.69. The molecule has 0 heteroatoms. The first-order valence-electron chi connectivity index (χ1n) is 19.4. The lowest BCUT2D eigenvalue weighted by Gasteiger charge is -2.32. The van der Waals surface area contributed by atoms with Crippen molar-refractivity contribution in [3.05, 3.63) is 216 Å². The van der Waals surface area contributed by atoms with E-state index in [1.165, 1.54) is 120 Å². The molecule has 0 nitrogen and oxygen atoms in total. The highest BCUT2D eigenvalue weighted by Gasteiger charge is 2.53. The summed E-state index contributed by atoms with van der Waals surface area (Å²) >= 11 is 0. The number of fused-ring (bicyclic) bond motifs is 23. The maximum absolute atomic E-state index is 2.48. The molecule has 0 fully saturated rings. The smallest absolute Gasteiger partial charge is 0.0619 e. The summed E-state index contributed by atoms with van der Waals surface area (Å²) in [6.07, 6.45) is 0. The Kier molecular flexibility index (Phi) is 5.65. The van der Waals surface area contributed by atoms with Gasteiger partial charge in [0.25, 0.3) is 0 Å². The van der Waals surface area contributed by atoms with Crippen LogP contribution >= 0.6 is 0 Å². The molecule has 2 aliphatic carbocycles. The van der Waals surface area contributed by atoms with Crippen LogP contribution in [0.15, 0.2) is 194 Å². The summed E-state index contributed by atoms with van der Waals surface area (Å²) < 4.78 is 0. The second-order valence-corrected chi connectivity index (χ2v) is 15.5. The Hall–Kier alpha value is -7.02. The van der Waals surface area contributed by atoms with Crippen LogP contribution in [0.2, 0.25) is 0 Å². The van der Waals surface area contributed by atoms with Crippen LogP contribution in [0, 0.1) is 0 Å². The van der Waals surface area contributed by atoms with Crippen molar-refractivity contribution in [3.8, 4) is 33.4 Å². The summed E-state index contributed by atoms with van der Waals surface area (Å²) in [4.78, 5) is 0. The molecule has 1 spiro atoms. The van der Waals surface area contributed by atoms with Crippen LogP contribution in [0.4, 0.5) is 0 Å². The summed E-state index contributed by atoms with van der Waals surface area (Å²) in [7, 11) is 0. The Morgan fingerprint density at radius 2 is 0.691 bits per heavy atom. The van der Waals surface area contributed by atoms with E-state index in [4.69, 9.17) is 0 Å². The quantitative estimate of drug-likeness (QED) is 0.150. The van der Waals surface area contributed by atoms with Gasteiger partial charge < -0.3 is 0 Å². The van der Waals surface area contributed by atoms with Gasteiger partial charge in [-0.1, -0.05) is 182 Å². The predicted octanol–water partition coefficient (Wildman–Crippen LogP) is 14.6. The van der Waals surface area contributed by atoms with E-state index in [-0.39, 0.29) is 0 Å². The molecule has 2 aliphatic rings. The molecule has 55 heavy (non-hydrogen) atoms. The van der Waals surface area contributed by atoms with E-state index in [1.54, 1.807) is 0 Å². The van der Waals surface area contributed by atoms with Crippen LogP contribution in [-0.2, 0) is 5.41 Å². The minimum absolute atomic E-state index is 0.450. The van der Waals surface area contributed by atoms with Crippen molar-refractivity contribution < 1.29 is 0 Å². The third kappa shape index (κ3) is 3.62. The van der Waals surface area contributed by atoms with E-state index in [1.807, 2.05) is 0 Å². The molecular formula is C55H32. The van der Waals surface area contributed by atoms with E-state index in [9.17, 15) is 0 Å². The van der Waals surface area contributed by atoms with Gasteiger partial charge in [-0.2, -0.15) is 0 Å². The van der Waals surface area contributed by atoms with Crippen LogP contribution in [-0.4, -0.2) is 0 Å². The third-order valence-electron chi connectivity index (χ3n) is 13.0. The molecule has 0 N–H and O–H groups in total. The lowest BCUT2D eigenvalue weighted by Crippen LogP contribution is -2.26. The fourth-order valence-electron chi connectivity index (χ4n) is 10.9.